The molecule has 3 nitrogen and oxygen atoms in total. The number of nitrogens with zero attached hydrogens (tertiary/aromatic N) is 2. The number of halogens is 2. The Kier molecular flexibility index (Phi) is 4.95. The number of aromatic nitrogens is 2. The maximum absolute atomic E-state index is 9.89. The normalized spacial score (nSPS) is 12.6. The minimum Gasteiger partial charge on any atom is -0.390 e. The van der Waals surface area contributed by atoms with E-state index in [0.717, 1.165) is 4.90 Å². The highest BCUT2D eigenvalue weighted by molar-refractivity contribution is 7.99. The Morgan fingerprint density at radius 2 is 2.22 bits per heavy atom. The number of imidazole rings is 1. The van der Waals surface area contributed by atoms with Gasteiger partial charge in [-0.2, -0.15) is 0 Å². The van der Waals surface area contributed by atoms with Crippen molar-refractivity contribution in [3.63, 3.8) is 0 Å². The quantitative estimate of drug-likeness (QED) is 0.861. The fourth-order valence-electron chi connectivity index (χ4n) is 1.47. The molecule has 6 heteroatoms. The van der Waals surface area contributed by atoms with Gasteiger partial charge in [0.1, 0.15) is 0 Å². The second-order valence-corrected chi connectivity index (χ2v) is 5.70. The van der Waals surface area contributed by atoms with Crippen molar-refractivity contribution in [1.82, 2.24) is 9.55 Å². The molecule has 1 unspecified atom stereocenters. The first-order valence-corrected chi connectivity index (χ1v) is 7.11. The molecule has 1 N–H and O–H groups in total. The number of aliphatic hydroxyl groups is 1. The van der Waals surface area contributed by atoms with Crippen molar-refractivity contribution in [2.24, 2.45) is 0 Å². The molecule has 2 rings (SSSR count). The van der Waals surface area contributed by atoms with Gasteiger partial charge in [0, 0.05) is 28.1 Å². The third-order valence-corrected chi connectivity index (χ3v) is 4.18. The van der Waals surface area contributed by atoms with Crippen LogP contribution in [0.1, 0.15) is 0 Å². The van der Waals surface area contributed by atoms with Crippen LogP contribution >= 0.6 is 35.0 Å². The van der Waals surface area contributed by atoms with Gasteiger partial charge in [-0.3, -0.25) is 0 Å². The third-order valence-electron chi connectivity index (χ3n) is 2.31. The summed E-state index contributed by atoms with van der Waals surface area (Å²) in [6.45, 7) is 0.526. The zero-order valence-corrected chi connectivity index (χ0v) is 11.8. The lowest BCUT2D eigenvalue weighted by Crippen LogP contribution is -2.17. The maximum atomic E-state index is 9.89. The van der Waals surface area contributed by atoms with Crippen molar-refractivity contribution in [3.05, 3.63) is 47.0 Å². The lowest BCUT2D eigenvalue weighted by Gasteiger charge is -2.11. The smallest absolute Gasteiger partial charge is 0.0946 e. The average molecular weight is 303 g/mol. The van der Waals surface area contributed by atoms with Crippen LogP contribution in [0.15, 0.2) is 41.8 Å². The molecule has 1 aromatic carbocycles. The molecule has 1 atom stereocenters. The van der Waals surface area contributed by atoms with Gasteiger partial charge in [-0.25, -0.2) is 4.98 Å². The first kappa shape index (κ1) is 13.7. The van der Waals surface area contributed by atoms with Crippen molar-refractivity contribution in [2.45, 2.75) is 17.5 Å². The number of hydrogen-bond donors (Lipinski definition) is 1. The summed E-state index contributed by atoms with van der Waals surface area (Å²) < 4.78 is 1.84. The molecule has 2 aromatic rings. The fourth-order valence-corrected chi connectivity index (χ4v) is 2.88. The summed E-state index contributed by atoms with van der Waals surface area (Å²) in [6.07, 6.45) is 4.75. The van der Waals surface area contributed by atoms with E-state index in [1.807, 2.05) is 16.8 Å². The Bertz CT molecular complexity index is 505. The minimum absolute atomic E-state index is 0.448. The van der Waals surface area contributed by atoms with E-state index in [2.05, 4.69) is 4.98 Å². The topological polar surface area (TPSA) is 38.0 Å². The monoisotopic (exact) mass is 302 g/mol. The van der Waals surface area contributed by atoms with Gasteiger partial charge in [0.2, 0.25) is 0 Å². The van der Waals surface area contributed by atoms with Gasteiger partial charge in [-0.1, -0.05) is 23.2 Å². The van der Waals surface area contributed by atoms with Gasteiger partial charge >= 0.3 is 0 Å². The number of aliphatic hydroxyl groups excluding tert-OH is 1. The number of thioether (sulfide) groups is 1. The van der Waals surface area contributed by atoms with Crippen molar-refractivity contribution < 1.29 is 5.11 Å². The molecule has 1 heterocycles. The van der Waals surface area contributed by atoms with Crippen LogP contribution in [0.2, 0.25) is 10.0 Å². The van der Waals surface area contributed by atoms with E-state index in [1.54, 1.807) is 24.7 Å². The van der Waals surface area contributed by atoms with Crippen LogP contribution < -0.4 is 0 Å². The van der Waals surface area contributed by atoms with E-state index in [9.17, 15) is 5.11 Å². The van der Waals surface area contributed by atoms with Gasteiger partial charge in [0.15, 0.2) is 0 Å². The highest BCUT2D eigenvalue weighted by Gasteiger charge is 2.08. The Labute approximate surface area is 120 Å². The van der Waals surface area contributed by atoms with Gasteiger partial charge in [0.25, 0.3) is 0 Å². The molecule has 0 bridgehead atoms. The molecule has 0 saturated carbocycles. The molecule has 0 aliphatic carbocycles. The highest BCUT2D eigenvalue weighted by atomic mass is 35.5. The van der Waals surface area contributed by atoms with Crippen LogP contribution in [0.3, 0.4) is 0 Å². The predicted octanol–water partition coefficient (Wildman–Crippen LogP) is 3.34. The number of benzene rings is 1. The minimum atomic E-state index is -0.448. The van der Waals surface area contributed by atoms with Crippen LogP contribution in [0.4, 0.5) is 0 Å². The molecule has 0 saturated heterocycles. The summed E-state index contributed by atoms with van der Waals surface area (Å²) >= 11 is 13.4. The molecule has 1 aromatic heterocycles. The van der Waals surface area contributed by atoms with E-state index in [0.29, 0.717) is 22.3 Å². The third kappa shape index (κ3) is 3.92. The molecule has 96 valence electrons. The van der Waals surface area contributed by atoms with Gasteiger partial charge < -0.3 is 9.67 Å². The average Bonchev–Trinajstić information content (AvgIpc) is 2.80. The second-order valence-electron chi connectivity index (χ2n) is 3.80. The number of rotatable bonds is 5. The standard InChI is InChI=1S/C12H12Cl2N2OS/c13-9-1-2-12(11(14)5-9)18-7-10(17)6-16-4-3-15-8-16/h1-5,8,10,17H,6-7H2. The molecule has 0 amide bonds. The molecule has 0 spiro atoms. The zero-order chi connectivity index (χ0) is 13.0. The zero-order valence-electron chi connectivity index (χ0n) is 9.46. The van der Waals surface area contributed by atoms with Crippen LogP contribution in [0.25, 0.3) is 0 Å². The first-order valence-electron chi connectivity index (χ1n) is 5.37. The highest BCUT2D eigenvalue weighted by Crippen LogP contribution is 2.30. The first-order chi connectivity index (χ1) is 8.65. The van der Waals surface area contributed by atoms with Gasteiger partial charge in [0.05, 0.1) is 24.0 Å². The van der Waals surface area contributed by atoms with E-state index in [-0.39, 0.29) is 0 Å². The molecule has 18 heavy (non-hydrogen) atoms. The van der Waals surface area contributed by atoms with Gasteiger partial charge in [-0.05, 0) is 18.2 Å². The summed E-state index contributed by atoms with van der Waals surface area (Å²) in [4.78, 5) is 4.85. The molecule has 0 aliphatic rings. The van der Waals surface area contributed by atoms with E-state index < -0.39 is 6.10 Å². The van der Waals surface area contributed by atoms with Gasteiger partial charge in [-0.15, -0.1) is 11.8 Å². The lowest BCUT2D eigenvalue weighted by molar-refractivity contribution is 0.178. The summed E-state index contributed by atoms with van der Waals surface area (Å²) in [6, 6.07) is 5.35. The Morgan fingerprint density at radius 1 is 1.39 bits per heavy atom. The van der Waals surface area contributed by atoms with E-state index in [1.165, 1.54) is 11.8 Å². The Morgan fingerprint density at radius 3 is 2.89 bits per heavy atom. The predicted molar refractivity (Wildman–Crippen MR) is 75.4 cm³/mol. The van der Waals surface area contributed by atoms with Crippen molar-refractivity contribution >= 4 is 35.0 Å². The van der Waals surface area contributed by atoms with Crippen molar-refractivity contribution in [2.75, 3.05) is 5.75 Å². The van der Waals surface area contributed by atoms with E-state index >= 15 is 0 Å². The van der Waals surface area contributed by atoms with Crippen molar-refractivity contribution in [3.8, 4) is 0 Å². The Balaban J connectivity index is 1.87. The maximum Gasteiger partial charge on any atom is 0.0946 e. The van der Waals surface area contributed by atoms with Crippen molar-refractivity contribution in [1.29, 1.82) is 0 Å². The molecular weight excluding hydrogens is 291 g/mol. The van der Waals surface area contributed by atoms with Crippen LogP contribution in [0, 0.1) is 0 Å². The summed E-state index contributed by atoms with van der Waals surface area (Å²) in [5.41, 5.74) is 0. The Hall–Kier alpha value is -0.680. The summed E-state index contributed by atoms with van der Waals surface area (Å²) in [5, 5.41) is 11.1. The van der Waals surface area contributed by atoms with Crippen LogP contribution in [0.5, 0.6) is 0 Å². The largest absolute Gasteiger partial charge is 0.390 e. The lowest BCUT2D eigenvalue weighted by atomic mass is 10.4. The molecule has 0 fully saturated rings. The summed E-state index contributed by atoms with van der Waals surface area (Å²) in [5.74, 6) is 0.569. The second kappa shape index (κ2) is 6.48. The number of hydrogen-bond acceptors (Lipinski definition) is 3. The summed E-state index contributed by atoms with van der Waals surface area (Å²) in [7, 11) is 0. The van der Waals surface area contributed by atoms with Crippen LogP contribution in [-0.4, -0.2) is 26.5 Å². The fraction of sp³-hybridized carbons (Fsp3) is 0.250. The molecule has 0 aliphatic heterocycles. The van der Waals surface area contributed by atoms with Crippen LogP contribution in [-0.2, 0) is 6.54 Å². The SMILES string of the molecule is OC(CSc1ccc(Cl)cc1Cl)Cn1ccnc1. The molecular formula is C12H12Cl2N2OS. The van der Waals surface area contributed by atoms with E-state index in [4.69, 9.17) is 23.2 Å². The molecule has 0 radical (unpaired) electrons.